The largest absolute Gasteiger partial charge is 0.504 e. The molecule has 0 atom stereocenters. The van der Waals surface area contributed by atoms with E-state index in [1.165, 1.54) is 23.7 Å². The van der Waals surface area contributed by atoms with Crippen LogP contribution in [0.4, 0.5) is 4.39 Å². The van der Waals surface area contributed by atoms with Crippen molar-refractivity contribution in [3.05, 3.63) is 70.0 Å². The average Bonchev–Trinajstić information content (AvgIpc) is 3.21. The van der Waals surface area contributed by atoms with Crippen molar-refractivity contribution < 1.29 is 14.3 Å². The third-order valence-corrected chi connectivity index (χ3v) is 3.86. The SMILES string of the molecule is O=C(C=C(O)c1nc[nH]n1)c1csc(Cc2ccccc2F)n1. The Hall–Kier alpha value is -2.87. The fourth-order valence-corrected chi connectivity index (χ4v) is 2.71. The molecule has 3 aromatic rings. The molecule has 3 rings (SSSR count). The number of H-pyrrole nitrogens is 1. The monoisotopic (exact) mass is 330 g/mol. The molecule has 6 nitrogen and oxygen atoms in total. The van der Waals surface area contributed by atoms with Crippen molar-refractivity contribution in [3.63, 3.8) is 0 Å². The van der Waals surface area contributed by atoms with Crippen LogP contribution in [0.2, 0.25) is 0 Å². The van der Waals surface area contributed by atoms with Gasteiger partial charge in [0, 0.05) is 17.9 Å². The highest BCUT2D eigenvalue weighted by molar-refractivity contribution is 7.09. The number of carbonyl (C=O) groups excluding carboxylic acids is 1. The van der Waals surface area contributed by atoms with Gasteiger partial charge in [-0.05, 0) is 11.6 Å². The van der Waals surface area contributed by atoms with Crippen molar-refractivity contribution in [2.75, 3.05) is 0 Å². The second-order valence-electron chi connectivity index (χ2n) is 4.61. The van der Waals surface area contributed by atoms with Crippen molar-refractivity contribution in [3.8, 4) is 0 Å². The summed E-state index contributed by atoms with van der Waals surface area (Å²) in [5.41, 5.74) is 0.698. The van der Waals surface area contributed by atoms with Crippen LogP contribution in [0.5, 0.6) is 0 Å². The van der Waals surface area contributed by atoms with E-state index in [1.54, 1.807) is 23.6 Å². The number of aromatic nitrogens is 4. The molecular formula is C15H11FN4O2S. The summed E-state index contributed by atoms with van der Waals surface area (Å²) in [4.78, 5) is 20.0. The Morgan fingerprint density at radius 2 is 2.22 bits per heavy atom. The van der Waals surface area contributed by atoms with Crippen LogP contribution in [-0.2, 0) is 6.42 Å². The number of aliphatic hydroxyl groups is 1. The van der Waals surface area contributed by atoms with E-state index in [-0.39, 0.29) is 23.1 Å². The molecule has 0 amide bonds. The number of allylic oxidation sites excluding steroid dienone is 1. The molecule has 116 valence electrons. The Morgan fingerprint density at radius 1 is 1.39 bits per heavy atom. The molecular weight excluding hydrogens is 319 g/mol. The Morgan fingerprint density at radius 3 is 2.96 bits per heavy atom. The molecule has 0 saturated carbocycles. The Labute approximate surface area is 134 Å². The number of ketones is 1. The number of nitrogens with one attached hydrogen (secondary N) is 1. The second kappa shape index (κ2) is 6.49. The van der Waals surface area contributed by atoms with Crippen LogP contribution in [0.1, 0.15) is 26.9 Å². The Bertz CT molecular complexity index is 858. The Kier molecular flexibility index (Phi) is 4.24. The molecule has 0 aliphatic rings. The number of rotatable bonds is 5. The minimum absolute atomic E-state index is 0.0279. The van der Waals surface area contributed by atoms with E-state index in [0.717, 1.165) is 6.08 Å². The number of thiazole rings is 1. The summed E-state index contributed by atoms with van der Waals surface area (Å²) in [7, 11) is 0. The lowest BCUT2D eigenvalue weighted by Crippen LogP contribution is -1.99. The number of aliphatic hydroxyl groups excluding tert-OH is 1. The predicted octanol–water partition coefficient (Wildman–Crippen LogP) is 2.77. The summed E-state index contributed by atoms with van der Waals surface area (Å²) in [5.74, 6) is -1.10. The first kappa shape index (κ1) is 15.0. The smallest absolute Gasteiger partial charge is 0.215 e. The van der Waals surface area contributed by atoms with Gasteiger partial charge in [-0.1, -0.05) is 18.2 Å². The highest BCUT2D eigenvalue weighted by atomic mass is 32.1. The fourth-order valence-electron chi connectivity index (χ4n) is 1.90. The van der Waals surface area contributed by atoms with Crippen LogP contribution in [0.25, 0.3) is 5.76 Å². The summed E-state index contributed by atoms with van der Waals surface area (Å²) in [6, 6.07) is 6.42. The molecule has 0 aliphatic heterocycles. The van der Waals surface area contributed by atoms with E-state index in [1.807, 2.05) is 0 Å². The summed E-state index contributed by atoms with van der Waals surface area (Å²) < 4.78 is 13.6. The second-order valence-corrected chi connectivity index (χ2v) is 5.55. The van der Waals surface area contributed by atoms with Gasteiger partial charge >= 0.3 is 0 Å². The molecule has 2 heterocycles. The van der Waals surface area contributed by atoms with E-state index < -0.39 is 5.78 Å². The molecule has 0 spiro atoms. The maximum atomic E-state index is 13.6. The zero-order valence-electron chi connectivity index (χ0n) is 11.7. The van der Waals surface area contributed by atoms with Crippen LogP contribution in [0, 0.1) is 5.82 Å². The van der Waals surface area contributed by atoms with E-state index >= 15 is 0 Å². The molecule has 0 saturated heterocycles. The Balaban J connectivity index is 1.75. The fraction of sp³-hybridized carbons (Fsp3) is 0.0667. The topological polar surface area (TPSA) is 91.8 Å². The van der Waals surface area contributed by atoms with Gasteiger partial charge in [0.15, 0.2) is 5.76 Å². The zero-order chi connectivity index (χ0) is 16.2. The molecule has 1 aromatic carbocycles. The molecule has 2 N–H and O–H groups in total. The number of hydrogen-bond acceptors (Lipinski definition) is 6. The molecule has 0 radical (unpaired) electrons. The van der Waals surface area contributed by atoms with E-state index in [0.29, 0.717) is 17.0 Å². The highest BCUT2D eigenvalue weighted by Gasteiger charge is 2.13. The lowest BCUT2D eigenvalue weighted by atomic mass is 10.1. The number of benzene rings is 1. The summed E-state index contributed by atoms with van der Waals surface area (Å²) >= 11 is 1.26. The lowest BCUT2D eigenvalue weighted by Gasteiger charge is -1.99. The van der Waals surface area contributed by atoms with Crippen LogP contribution < -0.4 is 0 Å². The van der Waals surface area contributed by atoms with Gasteiger partial charge < -0.3 is 5.11 Å². The van der Waals surface area contributed by atoms with Crippen molar-refractivity contribution >= 4 is 22.9 Å². The van der Waals surface area contributed by atoms with Gasteiger partial charge in [-0.15, -0.1) is 11.3 Å². The maximum absolute atomic E-state index is 13.6. The quantitative estimate of drug-likeness (QED) is 0.426. The zero-order valence-corrected chi connectivity index (χ0v) is 12.5. The molecule has 0 unspecified atom stereocenters. The summed E-state index contributed by atoms with van der Waals surface area (Å²) in [5, 5.41) is 18.0. The van der Waals surface area contributed by atoms with Gasteiger partial charge in [-0.2, -0.15) is 5.10 Å². The van der Waals surface area contributed by atoms with Crippen LogP contribution in [0.3, 0.4) is 0 Å². The standard InChI is InChI=1S/C15H11FN4O2S/c16-10-4-2-1-3-9(10)5-14-19-11(7-23-14)12(21)6-13(22)15-17-8-18-20-15/h1-4,6-8,22H,5H2,(H,17,18,20). The van der Waals surface area contributed by atoms with Crippen LogP contribution in [0.15, 0.2) is 42.0 Å². The highest BCUT2D eigenvalue weighted by Crippen LogP contribution is 2.18. The molecule has 23 heavy (non-hydrogen) atoms. The van der Waals surface area contributed by atoms with Crippen molar-refractivity contribution in [1.29, 1.82) is 0 Å². The van der Waals surface area contributed by atoms with Gasteiger partial charge in [-0.3, -0.25) is 9.89 Å². The predicted molar refractivity (Wildman–Crippen MR) is 82.6 cm³/mol. The van der Waals surface area contributed by atoms with Gasteiger partial charge in [0.1, 0.15) is 17.8 Å². The summed E-state index contributed by atoms with van der Waals surface area (Å²) in [6.07, 6.45) is 2.60. The number of aromatic amines is 1. The minimum atomic E-state index is -0.469. The average molecular weight is 330 g/mol. The molecule has 0 bridgehead atoms. The molecule has 2 aromatic heterocycles. The first-order valence-corrected chi connectivity index (χ1v) is 7.50. The van der Waals surface area contributed by atoms with Gasteiger partial charge in [0.2, 0.25) is 11.6 Å². The number of halogens is 1. The lowest BCUT2D eigenvalue weighted by molar-refractivity contribution is 0.104. The van der Waals surface area contributed by atoms with Gasteiger partial charge in [0.05, 0.1) is 5.01 Å². The van der Waals surface area contributed by atoms with Gasteiger partial charge in [-0.25, -0.2) is 14.4 Å². The van der Waals surface area contributed by atoms with Crippen LogP contribution in [-0.4, -0.2) is 31.1 Å². The number of nitrogens with zero attached hydrogens (tertiary/aromatic N) is 3. The number of hydrogen-bond donors (Lipinski definition) is 2. The molecule has 0 fully saturated rings. The van der Waals surface area contributed by atoms with Crippen molar-refractivity contribution in [1.82, 2.24) is 20.2 Å². The van der Waals surface area contributed by atoms with Crippen LogP contribution >= 0.6 is 11.3 Å². The summed E-state index contributed by atoms with van der Waals surface area (Å²) in [6.45, 7) is 0. The first-order chi connectivity index (χ1) is 11.1. The third-order valence-electron chi connectivity index (χ3n) is 3.02. The maximum Gasteiger partial charge on any atom is 0.215 e. The van der Waals surface area contributed by atoms with E-state index in [9.17, 15) is 14.3 Å². The number of carbonyl (C=O) groups is 1. The molecule has 8 heteroatoms. The van der Waals surface area contributed by atoms with Crippen molar-refractivity contribution in [2.45, 2.75) is 6.42 Å². The molecule has 0 aliphatic carbocycles. The third kappa shape index (κ3) is 3.49. The van der Waals surface area contributed by atoms with Gasteiger partial charge in [0.25, 0.3) is 0 Å². The first-order valence-electron chi connectivity index (χ1n) is 6.62. The minimum Gasteiger partial charge on any atom is -0.504 e. The van der Waals surface area contributed by atoms with E-state index in [2.05, 4.69) is 20.2 Å². The normalized spacial score (nSPS) is 11.6. The van der Waals surface area contributed by atoms with Crippen molar-refractivity contribution in [2.24, 2.45) is 0 Å². The van der Waals surface area contributed by atoms with E-state index in [4.69, 9.17) is 0 Å².